The summed E-state index contributed by atoms with van der Waals surface area (Å²) in [5.41, 5.74) is 8.58. The first-order valence-electron chi connectivity index (χ1n) is 5.68. The molecular formula is C14H14BrFN2. The Bertz CT molecular complexity index is 540. The maximum atomic E-state index is 13.2. The van der Waals surface area contributed by atoms with Gasteiger partial charge in [0.25, 0.3) is 0 Å². The number of pyridine rings is 1. The van der Waals surface area contributed by atoms with Crippen molar-refractivity contribution in [3.63, 3.8) is 0 Å². The second-order valence-electron chi connectivity index (χ2n) is 4.29. The van der Waals surface area contributed by atoms with E-state index in [2.05, 4.69) is 20.9 Å². The van der Waals surface area contributed by atoms with Gasteiger partial charge >= 0.3 is 0 Å². The van der Waals surface area contributed by atoms with Crippen LogP contribution in [0.25, 0.3) is 0 Å². The van der Waals surface area contributed by atoms with Crippen LogP contribution in [0.2, 0.25) is 0 Å². The van der Waals surface area contributed by atoms with Crippen molar-refractivity contribution in [2.24, 2.45) is 5.73 Å². The molecule has 1 unspecified atom stereocenters. The van der Waals surface area contributed by atoms with Gasteiger partial charge in [-0.25, -0.2) is 4.39 Å². The molecule has 0 spiro atoms. The quantitative estimate of drug-likeness (QED) is 0.942. The summed E-state index contributed by atoms with van der Waals surface area (Å²) >= 11 is 3.34. The number of rotatable bonds is 3. The molecule has 1 atom stereocenters. The topological polar surface area (TPSA) is 38.9 Å². The number of hydrogen-bond donors (Lipinski definition) is 1. The lowest BCUT2D eigenvalue weighted by Crippen LogP contribution is -2.14. The molecule has 2 aromatic rings. The van der Waals surface area contributed by atoms with Gasteiger partial charge in [0.05, 0.1) is 0 Å². The number of benzene rings is 1. The highest BCUT2D eigenvalue weighted by Crippen LogP contribution is 2.18. The minimum atomic E-state index is -0.201. The highest BCUT2D eigenvalue weighted by atomic mass is 79.9. The second kappa shape index (κ2) is 5.59. The maximum absolute atomic E-state index is 13.2. The van der Waals surface area contributed by atoms with Gasteiger partial charge in [-0.1, -0.05) is 12.1 Å². The van der Waals surface area contributed by atoms with E-state index in [0.717, 1.165) is 15.7 Å². The van der Waals surface area contributed by atoms with Crippen LogP contribution in [0.1, 0.15) is 22.9 Å². The molecule has 0 aliphatic rings. The Labute approximate surface area is 114 Å². The Hall–Kier alpha value is -1.26. The third kappa shape index (κ3) is 3.15. The van der Waals surface area contributed by atoms with Crippen molar-refractivity contribution in [2.45, 2.75) is 19.4 Å². The summed E-state index contributed by atoms with van der Waals surface area (Å²) in [6, 6.07) is 8.67. The lowest BCUT2D eigenvalue weighted by atomic mass is 10.0. The summed E-state index contributed by atoms with van der Waals surface area (Å²) in [4.78, 5) is 4.28. The van der Waals surface area contributed by atoms with Gasteiger partial charge in [-0.05, 0) is 52.2 Å². The van der Waals surface area contributed by atoms with Crippen LogP contribution in [0.3, 0.4) is 0 Å². The lowest BCUT2D eigenvalue weighted by molar-refractivity contribution is 0.614. The van der Waals surface area contributed by atoms with Gasteiger partial charge in [-0.15, -0.1) is 0 Å². The van der Waals surface area contributed by atoms with Crippen molar-refractivity contribution in [3.8, 4) is 0 Å². The number of halogens is 2. The highest BCUT2D eigenvalue weighted by Gasteiger charge is 2.09. The molecule has 2 rings (SSSR count). The smallest absolute Gasteiger partial charge is 0.126 e. The molecule has 4 heteroatoms. The molecule has 1 heterocycles. The molecule has 2 nitrogen and oxygen atoms in total. The zero-order chi connectivity index (χ0) is 13.1. The fourth-order valence-corrected chi connectivity index (χ4v) is 2.00. The van der Waals surface area contributed by atoms with Gasteiger partial charge in [0.2, 0.25) is 0 Å². The van der Waals surface area contributed by atoms with E-state index < -0.39 is 0 Å². The maximum Gasteiger partial charge on any atom is 0.126 e. The third-order valence-corrected chi connectivity index (χ3v) is 3.30. The van der Waals surface area contributed by atoms with Crippen LogP contribution in [-0.4, -0.2) is 4.98 Å². The summed E-state index contributed by atoms with van der Waals surface area (Å²) in [7, 11) is 0. The average molecular weight is 309 g/mol. The van der Waals surface area contributed by atoms with E-state index >= 15 is 0 Å². The van der Waals surface area contributed by atoms with Crippen molar-refractivity contribution >= 4 is 15.9 Å². The summed E-state index contributed by atoms with van der Waals surface area (Å²) in [6.07, 6.45) is 2.39. The minimum Gasteiger partial charge on any atom is -0.324 e. The third-order valence-electron chi connectivity index (χ3n) is 2.83. The molecule has 0 bridgehead atoms. The number of hydrogen-bond acceptors (Lipinski definition) is 2. The summed E-state index contributed by atoms with van der Waals surface area (Å²) in [6.45, 7) is 1.74. The number of aromatic nitrogens is 1. The predicted molar refractivity (Wildman–Crippen MR) is 73.7 cm³/mol. The Morgan fingerprint density at radius 1 is 1.33 bits per heavy atom. The zero-order valence-electron chi connectivity index (χ0n) is 10.0. The van der Waals surface area contributed by atoms with Crippen molar-refractivity contribution in [1.29, 1.82) is 0 Å². The van der Waals surface area contributed by atoms with E-state index in [4.69, 9.17) is 5.73 Å². The fraction of sp³-hybridized carbons (Fsp3) is 0.214. The first-order valence-corrected chi connectivity index (χ1v) is 6.47. The monoisotopic (exact) mass is 308 g/mol. The van der Waals surface area contributed by atoms with Crippen molar-refractivity contribution in [2.75, 3.05) is 0 Å². The van der Waals surface area contributed by atoms with Gasteiger partial charge < -0.3 is 5.73 Å². The second-order valence-corrected chi connectivity index (χ2v) is 5.20. The first-order chi connectivity index (χ1) is 8.56. The molecule has 2 N–H and O–H groups in total. The van der Waals surface area contributed by atoms with Crippen LogP contribution in [0.15, 0.2) is 41.0 Å². The van der Waals surface area contributed by atoms with E-state index in [-0.39, 0.29) is 11.9 Å². The van der Waals surface area contributed by atoms with Gasteiger partial charge in [0.15, 0.2) is 0 Å². The molecule has 0 amide bonds. The Morgan fingerprint density at radius 2 is 2.11 bits per heavy atom. The van der Waals surface area contributed by atoms with E-state index in [9.17, 15) is 4.39 Å². The molecule has 0 fully saturated rings. The van der Waals surface area contributed by atoms with Crippen LogP contribution in [0.5, 0.6) is 0 Å². The number of nitrogens with two attached hydrogens (primary N) is 1. The van der Waals surface area contributed by atoms with Crippen LogP contribution < -0.4 is 5.73 Å². The van der Waals surface area contributed by atoms with Crippen LogP contribution in [0, 0.1) is 12.7 Å². The molecular weight excluding hydrogens is 295 g/mol. The Kier molecular flexibility index (Phi) is 4.09. The van der Waals surface area contributed by atoms with Gasteiger partial charge in [-0.2, -0.15) is 0 Å². The average Bonchev–Trinajstić information content (AvgIpc) is 2.35. The standard InChI is InChI=1S/C14H14BrFN2/c1-9-6-10(2-5-13(9)16)14(17)7-12-4-3-11(15)8-18-12/h2-6,8,14H,7,17H2,1H3. The fourth-order valence-electron chi connectivity index (χ4n) is 1.77. The van der Waals surface area contributed by atoms with Crippen LogP contribution >= 0.6 is 15.9 Å². The van der Waals surface area contributed by atoms with E-state index in [1.165, 1.54) is 6.07 Å². The summed E-state index contributed by atoms with van der Waals surface area (Å²) < 4.78 is 14.1. The number of nitrogens with zero attached hydrogens (tertiary/aromatic N) is 1. The lowest BCUT2D eigenvalue weighted by Gasteiger charge is -2.12. The van der Waals surface area contributed by atoms with E-state index in [0.29, 0.717) is 12.0 Å². The first kappa shape index (κ1) is 13.2. The van der Waals surface area contributed by atoms with E-state index in [1.54, 1.807) is 25.3 Å². The van der Waals surface area contributed by atoms with Crippen molar-refractivity contribution < 1.29 is 4.39 Å². The SMILES string of the molecule is Cc1cc(C(N)Cc2ccc(Br)cn2)ccc1F. The van der Waals surface area contributed by atoms with Gasteiger partial charge in [0, 0.05) is 28.8 Å². The van der Waals surface area contributed by atoms with E-state index in [1.807, 2.05) is 12.1 Å². The largest absolute Gasteiger partial charge is 0.324 e. The van der Waals surface area contributed by atoms with Gasteiger partial charge in [-0.3, -0.25) is 4.98 Å². The van der Waals surface area contributed by atoms with Crippen LogP contribution in [-0.2, 0) is 6.42 Å². The summed E-state index contributed by atoms with van der Waals surface area (Å²) in [5.74, 6) is -0.201. The molecule has 0 saturated heterocycles. The summed E-state index contributed by atoms with van der Waals surface area (Å²) in [5, 5.41) is 0. The normalized spacial score (nSPS) is 12.4. The molecule has 18 heavy (non-hydrogen) atoms. The molecule has 0 aliphatic carbocycles. The molecule has 0 aliphatic heterocycles. The van der Waals surface area contributed by atoms with Crippen molar-refractivity contribution in [3.05, 3.63) is 63.6 Å². The molecule has 1 aromatic heterocycles. The van der Waals surface area contributed by atoms with Crippen LogP contribution in [0.4, 0.5) is 4.39 Å². The number of aryl methyl sites for hydroxylation is 1. The molecule has 1 aromatic carbocycles. The predicted octanol–water partition coefficient (Wildman–Crippen LogP) is 3.53. The van der Waals surface area contributed by atoms with Gasteiger partial charge in [0.1, 0.15) is 5.82 Å². The zero-order valence-corrected chi connectivity index (χ0v) is 11.6. The molecule has 94 valence electrons. The van der Waals surface area contributed by atoms with Crippen molar-refractivity contribution in [1.82, 2.24) is 4.98 Å². The molecule has 0 radical (unpaired) electrons. The Balaban J connectivity index is 2.13. The molecule has 0 saturated carbocycles. The highest BCUT2D eigenvalue weighted by molar-refractivity contribution is 9.10. The Morgan fingerprint density at radius 3 is 2.72 bits per heavy atom. The minimum absolute atomic E-state index is 0.169.